The summed E-state index contributed by atoms with van der Waals surface area (Å²) in [4.78, 5) is 0. The van der Waals surface area contributed by atoms with E-state index in [0.29, 0.717) is 0 Å². The summed E-state index contributed by atoms with van der Waals surface area (Å²) in [6.07, 6.45) is 0. The Hall–Kier alpha value is 2.67. The average Bonchev–Trinajstić information content (AvgIpc) is 0.918. The van der Waals surface area contributed by atoms with Gasteiger partial charge in [-0.1, -0.05) is 0 Å². The van der Waals surface area contributed by atoms with Gasteiger partial charge in [-0.25, -0.2) is 0 Å². The van der Waals surface area contributed by atoms with Gasteiger partial charge in [0, 0.05) is 37.7 Å². The summed E-state index contributed by atoms with van der Waals surface area (Å²) in [7, 11) is 2.03. The molecule has 0 heterocycles. The molecule has 0 fully saturated rings. The zero-order valence-electron chi connectivity index (χ0n) is 3.12. The second-order valence-electron chi connectivity index (χ2n) is 0.408. The molecular formula is H4Al2CaS. The molecule has 0 nitrogen and oxygen atoms in total. The van der Waals surface area contributed by atoms with Crippen LogP contribution in [0, 0.1) is 0 Å². The molecule has 0 atom stereocenters. The molecule has 0 amide bonds. The van der Waals surface area contributed by atoms with Gasteiger partial charge in [0.25, 0.3) is 30.3 Å². The van der Waals surface area contributed by atoms with E-state index in [1.165, 1.54) is 30.3 Å². The third kappa shape index (κ3) is 8.82. The smallest absolute Gasteiger partial charge is 0.273 e. The first-order chi connectivity index (χ1) is 1.41. The molecule has 0 aliphatic carbocycles. The molecule has 0 saturated heterocycles. The van der Waals surface area contributed by atoms with Gasteiger partial charge in [-0.3, -0.25) is 0 Å². The molecule has 0 aromatic rings. The van der Waals surface area contributed by atoms with Gasteiger partial charge in [0.15, 0.2) is 0 Å². The maximum Gasteiger partial charge on any atom is 0.273 e. The minimum atomic E-state index is 0. The molecule has 18 valence electrons. The third-order valence-corrected chi connectivity index (χ3v) is 0. The van der Waals surface area contributed by atoms with Gasteiger partial charge in [0.05, 0.1) is 0 Å². The summed E-state index contributed by atoms with van der Waals surface area (Å²) in [6, 6.07) is 0. The summed E-state index contributed by atoms with van der Waals surface area (Å²) in [5.41, 5.74) is 0. The van der Waals surface area contributed by atoms with E-state index in [1.54, 1.807) is 0 Å². The van der Waals surface area contributed by atoms with Gasteiger partial charge in [-0.05, 0) is 0 Å². The first kappa shape index (κ1) is 9.84. The standard InChI is InChI=1S/2Al.Ca.S.4H. The fourth-order valence-electron chi connectivity index (χ4n) is 0. The van der Waals surface area contributed by atoms with Crippen molar-refractivity contribution in [1.82, 2.24) is 0 Å². The van der Waals surface area contributed by atoms with Gasteiger partial charge in [-0.15, -0.1) is 0 Å². The van der Waals surface area contributed by atoms with E-state index in [-0.39, 0.29) is 37.7 Å². The number of hydrogen-bond acceptors (Lipinski definition) is 1. The number of hydrogen-bond donors (Lipinski definition) is 0. The zero-order chi connectivity index (χ0) is 2.71. The van der Waals surface area contributed by atoms with Crippen LogP contribution in [0.25, 0.3) is 0 Å². The third-order valence-electron chi connectivity index (χ3n) is 0. The van der Waals surface area contributed by atoms with Crippen molar-refractivity contribution in [1.29, 1.82) is 0 Å². The van der Waals surface area contributed by atoms with Crippen molar-refractivity contribution in [2.75, 3.05) is 0 Å². The molecule has 0 bridgehead atoms. The molecule has 4 heavy (non-hydrogen) atoms. The quantitative estimate of drug-likeness (QED) is 0.357. The molecule has 4 heteroatoms. The molecule has 0 aliphatic rings. The van der Waals surface area contributed by atoms with E-state index in [0.717, 1.165) is 0 Å². The van der Waals surface area contributed by atoms with E-state index in [9.17, 15) is 0 Å². The van der Waals surface area contributed by atoms with Crippen molar-refractivity contribution in [2.45, 2.75) is 0 Å². The Bertz CT molecular complexity index is 6.00. The Balaban J connectivity index is 0. The van der Waals surface area contributed by atoms with Crippen LogP contribution in [0.1, 0.15) is 0 Å². The molecule has 2 radical (unpaired) electrons. The Morgan fingerprint density at radius 2 is 1.25 bits per heavy atom. The van der Waals surface area contributed by atoms with E-state index < -0.39 is 0 Å². The summed E-state index contributed by atoms with van der Waals surface area (Å²) >= 11 is 2.69. The van der Waals surface area contributed by atoms with Crippen LogP contribution in [0.5, 0.6) is 0 Å². The first-order valence-corrected chi connectivity index (χ1v) is 7.35. The van der Waals surface area contributed by atoms with Gasteiger partial charge in [0.1, 0.15) is 0 Å². The van der Waals surface area contributed by atoms with Crippen LogP contribution in [-0.4, -0.2) is 68.1 Å². The van der Waals surface area contributed by atoms with Gasteiger partial charge in [-0.2, -0.15) is 0 Å². The molecule has 0 rings (SSSR count). The van der Waals surface area contributed by atoms with Crippen molar-refractivity contribution >= 4 is 76.5 Å². The van der Waals surface area contributed by atoms with Crippen molar-refractivity contribution in [3.8, 4) is 0 Å². The first-order valence-electron chi connectivity index (χ1n) is 0.816. The second-order valence-corrected chi connectivity index (χ2v) is 11.0. The summed E-state index contributed by atoms with van der Waals surface area (Å²) in [5.74, 6) is 0. The number of rotatable bonds is 0. The Morgan fingerprint density at radius 1 is 1.25 bits per heavy atom. The van der Waals surface area contributed by atoms with Crippen LogP contribution >= 0.6 is 8.50 Å². The monoisotopic (exact) mass is 130 g/mol. The normalized spacial score (nSPS) is 4.00. The minimum absolute atomic E-state index is 0. The Morgan fingerprint density at radius 3 is 1.25 bits per heavy atom. The fraction of sp³-hybridized carbons (Fsp3) is 0. The predicted molar refractivity (Wildman–Crippen MR) is 30.4 cm³/mol. The molecule has 0 unspecified atom stereocenters. The van der Waals surface area contributed by atoms with Crippen molar-refractivity contribution in [3.05, 3.63) is 0 Å². The van der Waals surface area contributed by atoms with Crippen molar-refractivity contribution in [3.63, 3.8) is 0 Å². The minimum Gasteiger partial charge on any atom is -0.359 e. The maximum atomic E-state index is 2.03. The summed E-state index contributed by atoms with van der Waals surface area (Å²) in [6.45, 7) is 0. The van der Waals surface area contributed by atoms with Crippen LogP contribution < -0.4 is 0 Å². The molecular weight excluding hydrogens is 126 g/mol. The molecule has 0 aromatic carbocycles. The van der Waals surface area contributed by atoms with Crippen molar-refractivity contribution < 1.29 is 0 Å². The largest absolute Gasteiger partial charge is 0.359 e. The Labute approximate surface area is 75.0 Å². The van der Waals surface area contributed by atoms with Crippen LogP contribution in [-0.2, 0) is 0 Å². The van der Waals surface area contributed by atoms with E-state index in [1.807, 2.05) is 8.50 Å². The maximum absolute atomic E-state index is 2.03. The fourth-order valence-corrected chi connectivity index (χ4v) is 0. The molecule has 0 N–H and O–H groups in total. The van der Waals surface area contributed by atoms with E-state index in [2.05, 4.69) is 0 Å². The van der Waals surface area contributed by atoms with Crippen molar-refractivity contribution in [2.24, 2.45) is 0 Å². The van der Waals surface area contributed by atoms with Crippen LogP contribution in [0.2, 0.25) is 0 Å². The van der Waals surface area contributed by atoms with Crippen LogP contribution in [0.4, 0.5) is 0 Å². The van der Waals surface area contributed by atoms with Crippen LogP contribution in [0.15, 0.2) is 0 Å². The SMILES string of the molecule is [AlH2][S][AlH2].[Ca]. The van der Waals surface area contributed by atoms with E-state index >= 15 is 0 Å². The molecule has 0 aliphatic heterocycles. The summed E-state index contributed by atoms with van der Waals surface area (Å²) < 4.78 is 0. The Kier molecular flexibility index (Phi) is 22.6. The van der Waals surface area contributed by atoms with Gasteiger partial charge >= 0.3 is 0 Å². The predicted octanol–water partition coefficient (Wildman–Crippen LogP) is -1.57. The van der Waals surface area contributed by atoms with Gasteiger partial charge < -0.3 is 8.50 Å². The van der Waals surface area contributed by atoms with Gasteiger partial charge in [0.2, 0.25) is 0 Å². The van der Waals surface area contributed by atoms with E-state index in [4.69, 9.17) is 0 Å². The zero-order valence-corrected chi connectivity index (χ0v) is 10.1. The molecule has 0 spiro atoms. The van der Waals surface area contributed by atoms with Crippen LogP contribution in [0.3, 0.4) is 0 Å². The summed E-state index contributed by atoms with van der Waals surface area (Å²) in [5, 5.41) is 0. The second kappa shape index (κ2) is 9.18. The molecule has 0 aromatic heterocycles. The average molecular weight is 130 g/mol. The molecule has 0 saturated carbocycles. The topological polar surface area (TPSA) is 0 Å².